The molecule has 0 aliphatic carbocycles. The first-order chi connectivity index (χ1) is 17.9. The highest BCUT2D eigenvalue weighted by Crippen LogP contribution is 2.37. The van der Waals surface area contributed by atoms with Crippen LogP contribution in [0.5, 0.6) is 0 Å². The van der Waals surface area contributed by atoms with Gasteiger partial charge in [0.15, 0.2) is 0 Å². The smallest absolute Gasteiger partial charge is 0.129 e. The van der Waals surface area contributed by atoms with Crippen LogP contribution in [0.15, 0.2) is 60.7 Å². The van der Waals surface area contributed by atoms with Gasteiger partial charge in [-0.05, 0) is 33.7 Å². The van der Waals surface area contributed by atoms with Crippen LogP contribution >= 0.6 is 0 Å². The van der Waals surface area contributed by atoms with Crippen molar-refractivity contribution in [3.8, 4) is 22.9 Å². The summed E-state index contributed by atoms with van der Waals surface area (Å²) in [5.74, 6) is 6.95. The Balaban J connectivity index is 1.59. The van der Waals surface area contributed by atoms with E-state index in [4.69, 9.17) is 0 Å². The van der Waals surface area contributed by atoms with E-state index in [1.165, 1.54) is 54.1 Å². The SMILES string of the molecule is Cn1c(C#C[Si](C)(C)C)cc2ccc3c4ccc5c(ccc6cc(C#C[Si](C)(C)C)n(C)c65)c4ccc3c21. The third-order valence-corrected chi connectivity index (χ3v) is 9.06. The fourth-order valence-corrected chi connectivity index (χ4v) is 6.50. The Morgan fingerprint density at radius 1 is 0.474 bits per heavy atom. The van der Waals surface area contributed by atoms with Crippen molar-refractivity contribution in [3.63, 3.8) is 0 Å². The molecule has 188 valence electrons. The molecule has 0 bridgehead atoms. The number of hydrogen-bond donors (Lipinski definition) is 0. The highest BCUT2D eigenvalue weighted by Gasteiger charge is 2.15. The number of fused-ring (bicyclic) bond motifs is 9. The van der Waals surface area contributed by atoms with Gasteiger partial charge in [0.25, 0.3) is 0 Å². The van der Waals surface area contributed by atoms with Crippen molar-refractivity contribution in [1.82, 2.24) is 9.13 Å². The maximum Gasteiger partial charge on any atom is 0.129 e. The zero-order valence-electron chi connectivity index (χ0n) is 23.7. The number of hydrogen-bond acceptors (Lipinski definition) is 0. The van der Waals surface area contributed by atoms with Crippen molar-refractivity contribution in [2.45, 2.75) is 39.3 Å². The zero-order valence-corrected chi connectivity index (χ0v) is 25.7. The second-order valence-electron chi connectivity index (χ2n) is 12.6. The summed E-state index contributed by atoms with van der Waals surface area (Å²) in [6.07, 6.45) is 0. The Labute approximate surface area is 227 Å². The van der Waals surface area contributed by atoms with Gasteiger partial charge < -0.3 is 9.13 Å². The number of aryl methyl sites for hydroxylation is 2. The number of rotatable bonds is 0. The van der Waals surface area contributed by atoms with E-state index < -0.39 is 16.1 Å². The molecule has 4 heteroatoms. The maximum atomic E-state index is 3.53. The van der Waals surface area contributed by atoms with Crippen LogP contribution in [0, 0.1) is 22.9 Å². The minimum Gasteiger partial charge on any atom is -0.337 e. The molecule has 0 saturated carbocycles. The van der Waals surface area contributed by atoms with E-state index in [-0.39, 0.29) is 0 Å². The van der Waals surface area contributed by atoms with Crippen LogP contribution in [0.25, 0.3) is 54.1 Å². The largest absolute Gasteiger partial charge is 0.337 e. The Morgan fingerprint density at radius 3 is 1.16 bits per heavy atom. The molecule has 4 aromatic carbocycles. The van der Waals surface area contributed by atoms with Gasteiger partial charge in [-0.3, -0.25) is 0 Å². The molecule has 0 fully saturated rings. The Hall–Kier alpha value is -3.71. The first kappa shape index (κ1) is 24.6. The minimum atomic E-state index is -1.45. The van der Waals surface area contributed by atoms with E-state index in [0.717, 1.165) is 11.4 Å². The van der Waals surface area contributed by atoms with E-state index in [0.29, 0.717) is 0 Å². The molecule has 0 atom stereocenters. The molecule has 2 aromatic heterocycles. The molecule has 0 saturated heterocycles. The summed E-state index contributed by atoms with van der Waals surface area (Å²) >= 11 is 0. The van der Waals surface area contributed by atoms with Crippen molar-refractivity contribution in [2.24, 2.45) is 14.1 Å². The molecule has 38 heavy (non-hydrogen) atoms. The number of nitrogens with zero attached hydrogens (tertiary/aromatic N) is 2. The van der Waals surface area contributed by atoms with Crippen LogP contribution in [0.3, 0.4) is 0 Å². The standard InChI is InChI=1S/C34H34N2Si2/c1-35-25(17-19-37(3,4)5)21-23-9-11-29-27-14-16-32-30(28(27)13-15-31(29)33(23)35)12-10-24-22-26(36(2)34(24)32)18-20-38(6,7)8/h9-16,21-22H,1-8H3. The molecule has 0 spiro atoms. The predicted molar refractivity (Wildman–Crippen MR) is 172 cm³/mol. The van der Waals surface area contributed by atoms with Gasteiger partial charge >= 0.3 is 0 Å². The van der Waals surface area contributed by atoms with Gasteiger partial charge in [-0.25, -0.2) is 0 Å². The number of aromatic nitrogens is 2. The van der Waals surface area contributed by atoms with Crippen LogP contribution in [0.4, 0.5) is 0 Å². The molecule has 6 aromatic rings. The summed E-state index contributed by atoms with van der Waals surface area (Å²) in [6.45, 7) is 13.7. The third-order valence-electron chi connectivity index (χ3n) is 7.31. The lowest BCUT2D eigenvalue weighted by molar-refractivity contribution is 0.955. The van der Waals surface area contributed by atoms with Gasteiger partial charge in [-0.2, -0.15) is 0 Å². The van der Waals surface area contributed by atoms with Gasteiger partial charge in [0.05, 0.1) is 22.4 Å². The molecule has 2 heterocycles. The van der Waals surface area contributed by atoms with E-state index >= 15 is 0 Å². The molecular formula is C34H34N2Si2. The molecule has 6 rings (SSSR count). The van der Waals surface area contributed by atoms with E-state index in [1.807, 2.05) is 0 Å². The fourth-order valence-electron chi connectivity index (χ4n) is 5.49. The van der Waals surface area contributed by atoms with Gasteiger partial charge in [0.1, 0.15) is 16.1 Å². The van der Waals surface area contributed by atoms with Gasteiger partial charge in [0, 0.05) is 35.6 Å². The second-order valence-corrected chi connectivity index (χ2v) is 22.1. The first-order valence-corrected chi connectivity index (χ1v) is 20.3. The molecular weight excluding hydrogens is 493 g/mol. The Bertz CT molecular complexity index is 1920. The molecule has 0 aliphatic heterocycles. The average molecular weight is 527 g/mol. The topological polar surface area (TPSA) is 9.86 Å². The highest BCUT2D eigenvalue weighted by atomic mass is 28.3. The third kappa shape index (κ3) is 4.06. The Kier molecular flexibility index (Phi) is 5.44. The minimum absolute atomic E-state index is 1.09. The Morgan fingerprint density at radius 2 is 0.789 bits per heavy atom. The fraction of sp³-hybridized carbons (Fsp3) is 0.235. The van der Waals surface area contributed by atoms with E-state index in [1.54, 1.807) is 0 Å². The zero-order chi connectivity index (χ0) is 27.0. The predicted octanol–water partition coefficient (Wildman–Crippen LogP) is 8.59. The van der Waals surface area contributed by atoms with Gasteiger partial charge in [0.2, 0.25) is 0 Å². The quantitative estimate of drug-likeness (QED) is 0.107. The number of benzene rings is 4. The normalized spacial score (nSPS) is 12.3. The van der Waals surface area contributed by atoms with Gasteiger partial charge in [-0.15, -0.1) is 11.1 Å². The van der Waals surface area contributed by atoms with Crippen LogP contribution < -0.4 is 0 Å². The summed E-state index contributed by atoms with van der Waals surface area (Å²) in [5, 5.41) is 10.2. The van der Waals surface area contributed by atoms with E-state index in [2.05, 4.69) is 146 Å². The first-order valence-electron chi connectivity index (χ1n) is 13.3. The van der Waals surface area contributed by atoms with Crippen molar-refractivity contribution in [3.05, 3.63) is 72.1 Å². The van der Waals surface area contributed by atoms with Crippen LogP contribution in [-0.4, -0.2) is 25.3 Å². The lowest BCUT2D eigenvalue weighted by atomic mass is 9.95. The van der Waals surface area contributed by atoms with Crippen molar-refractivity contribution in [2.75, 3.05) is 0 Å². The molecule has 0 amide bonds. The molecule has 0 radical (unpaired) electrons. The molecule has 0 unspecified atom stereocenters. The van der Waals surface area contributed by atoms with Crippen LogP contribution in [0.2, 0.25) is 39.3 Å². The lowest BCUT2D eigenvalue weighted by Gasteiger charge is -2.11. The summed E-state index contributed by atoms with van der Waals surface area (Å²) in [7, 11) is 1.41. The molecule has 0 N–H and O–H groups in total. The summed E-state index contributed by atoms with van der Waals surface area (Å²) in [4.78, 5) is 0. The summed E-state index contributed by atoms with van der Waals surface area (Å²) in [5.41, 5.74) is 11.8. The average Bonchev–Trinajstić information content (AvgIpc) is 3.36. The molecule has 0 aliphatic rings. The second kappa shape index (κ2) is 8.40. The van der Waals surface area contributed by atoms with E-state index in [9.17, 15) is 0 Å². The summed E-state index contributed by atoms with van der Waals surface area (Å²) in [6, 6.07) is 22.8. The van der Waals surface area contributed by atoms with Crippen molar-refractivity contribution < 1.29 is 0 Å². The maximum absolute atomic E-state index is 3.53. The monoisotopic (exact) mass is 526 g/mol. The van der Waals surface area contributed by atoms with Gasteiger partial charge in [-0.1, -0.05) is 99.7 Å². The molecule has 2 nitrogen and oxygen atoms in total. The van der Waals surface area contributed by atoms with Crippen LogP contribution in [-0.2, 0) is 14.1 Å². The highest BCUT2D eigenvalue weighted by molar-refractivity contribution is 6.84. The van der Waals surface area contributed by atoms with Crippen molar-refractivity contribution in [1.29, 1.82) is 0 Å². The lowest BCUT2D eigenvalue weighted by Crippen LogP contribution is -2.16. The van der Waals surface area contributed by atoms with Crippen molar-refractivity contribution >= 4 is 70.3 Å². The summed E-state index contributed by atoms with van der Waals surface area (Å²) < 4.78 is 4.54. The van der Waals surface area contributed by atoms with Crippen LogP contribution in [0.1, 0.15) is 11.4 Å².